The van der Waals surface area contributed by atoms with Crippen LogP contribution in [-0.4, -0.2) is 33.2 Å². The van der Waals surface area contributed by atoms with Gasteiger partial charge in [0, 0.05) is 0 Å². The maximum atomic E-state index is 10.3. The molecule has 3 aromatic carbocycles. The van der Waals surface area contributed by atoms with Gasteiger partial charge in [-0.2, -0.15) is 0 Å². The third kappa shape index (κ3) is 9.01. The molecule has 0 aliphatic carbocycles. The Morgan fingerprint density at radius 2 is 0.759 bits per heavy atom. The number of aromatic carboxylic acids is 3. The minimum absolute atomic E-state index is 0.331. The molecule has 0 heterocycles. The molecule has 0 spiro atoms. The zero-order valence-corrected chi connectivity index (χ0v) is 16.1. The van der Waals surface area contributed by atoms with Crippen LogP contribution in [-0.2, 0) is 0 Å². The second-order valence-corrected chi connectivity index (χ2v) is 6.01. The maximum absolute atomic E-state index is 10.3. The molecule has 29 heavy (non-hydrogen) atoms. The lowest BCUT2D eigenvalue weighted by molar-refractivity contribution is 0.0686. The summed E-state index contributed by atoms with van der Waals surface area (Å²) in [5.74, 6) is -2.63. The molecular formula is C23H22O6. The summed E-state index contributed by atoms with van der Waals surface area (Å²) in [6.07, 6.45) is 0. The Labute approximate surface area is 168 Å². The fraction of sp³-hybridized carbons (Fsp3) is 0.0870. The predicted octanol–water partition coefficient (Wildman–Crippen LogP) is 4.77. The number of rotatable bonds is 3. The second kappa shape index (κ2) is 11.7. The number of carbonyl (C=O) groups is 3. The summed E-state index contributed by atoms with van der Waals surface area (Å²) in [6.45, 7) is 3.84. The number of benzene rings is 3. The smallest absolute Gasteiger partial charge is 0.335 e. The van der Waals surface area contributed by atoms with E-state index in [-0.39, 0.29) is 0 Å². The van der Waals surface area contributed by atoms with Crippen molar-refractivity contribution >= 4 is 17.9 Å². The van der Waals surface area contributed by atoms with Gasteiger partial charge in [0.1, 0.15) is 0 Å². The van der Waals surface area contributed by atoms with Crippen LogP contribution >= 0.6 is 0 Å². The number of carboxylic acid groups (broad SMARTS) is 3. The standard InChI is InChI=1S/2C8H8O2.C7H6O2/c2*1-6-2-4-7(5-3-6)8(9)10;8-7(9)6-4-2-1-3-5-6/h2*2-5H,1H3,(H,9,10);1-5H,(H,8,9). The Balaban J connectivity index is 0.000000218. The van der Waals surface area contributed by atoms with E-state index in [1.54, 1.807) is 78.9 Å². The lowest BCUT2D eigenvalue weighted by Crippen LogP contribution is -1.94. The van der Waals surface area contributed by atoms with Crippen molar-refractivity contribution in [3.05, 3.63) is 107 Å². The summed E-state index contributed by atoms with van der Waals surface area (Å²) in [4.78, 5) is 30.8. The predicted molar refractivity (Wildman–Crippen MR) is 110 cm³/mol. The van der Waals surface area contributed by atoms with Gasteiger partial charge < -0.3 is 15.3 Å². The quantitative estimate of drug-likeness (QED) is 0.590. The third-order valence-corrected chi connectivity index (χ3v) is 3.62. The van der Waals surface area contributed by atoms with Crippen molar-refractivity contribution in [1.82, 2.24) is 0 Å². The van der Waals surface area contributed by atoms with Crippen LogP contribution < -0.4 is 0 Å². The molecule has 6 nitrogen and oxygen atoms in total. The van der Waals surface area contributed by atoms with Gasteiger partial charge in [0.15, 0.2) is 0 Å². The summed E-state index contributed by atoms with van der Waals surface area (Å²) in [6, 6.07) is 21.8. The van der Waals surface area contributed by atoms with Gasteiger partial charge in [0.25, 0.3) is 0 Å². The van der Waals surface area contributed by atoms with E-state index in [9.17, 15) is 14.4 Å². The molecule has 0 aliphatic heterocycles. The third-order valence-electron chi connectivity index (χ3n) is 3.62. The average molecular weight is 394 g/mol. The zero-order valence-electron chi connectivity index (χ0n) is 16.1. The van der Waals surface area contributed by atoms with E-state index in [2.05, 4.69) is 0 Å². The zero-order chi connectivity index (χ0) is 21.8. The normalized spacial score (nSPS) is 9.17. The first-order chi connectivity index (χ1) is 13.7. The Hall–Kier alpha value is -3.93. The Morgan fingerprint density at radius 1 is 0.483 bits per heavy atom. The second-order valence-electron chi connectivity index (χ2n) is 6.01. The van der Waals surface area contributed by atoms with E-state index in [4.69, 9.17) is 15.3 Å². The molecule has 0 unspecified atom stereocenters. The highest BCUT2D eigenvalue weighted by atomic mass is 16.4. The van der Waals surface area contributed by atoms with Crippen molar-refractivity contribution in [2.75, 3.05) is 0 Å². The highest BCUT2D eigenvalue weighted by Gasteiger charge is 1.99. The molecule has 150 valence electrons. The van der Waals surface area contributed by atoms with Crippen LogP contribution in [0.3, 0.4) is 0 Å². The lowest BCUT2D eigenvalue weighted by Gasteiger charge is -1.92. The number of hydrogen-bond donors (Lipinski definition) is 3. The molecule has 0 saturated heterocycles. The molecule has 0 amide bonds. The molecule has 0 aliphatic rings. The molecule has 3 rings (SSSR count). The monoisotopic (exact) mass is 394 g/mol. The topological polar surface area (TPSA) is 112 Å². The van der Waals surface area contributed by atoms with E-state index in [0.29, 0.717) is 16.7 Å². The minimum Gasteiger partial charge on any atom is -0.478 e. The summed E-state index contributed by atoms with van der Waals surface area (Å²) in [7, 11) is 0. The van der Waals surface area contributed by atoms with E-state index >= 15 is 0 Å². The molecule has 0 radical (unpaired) electrons. The summed E-state index contributed by atoms with van der Waals surface area (Å²) >= 11 is 0. The van der Waals surface area contributed by atoms with Crippen LogP contribution in [0.5, 0.6) is 0 Å². The van der Waals surface area contributed by atoms with E-state index in [0.717, 1.165) is 11.1 Å². The van der Waals surface area contributed by atoms with Gasteiger partial charge in [-0.1, -0.05) is 53.6 Å². The van der Waals surface area contributed by atoms with Crippen LogP contribution in [0.15, 0.2) is 78.9 Å². The Morgan fingerprint density at radius 3 is 1.00 bits per heavy atom. The fourth-order valence-electron chi connectivity index (χ4n) is 1.97. The van der Waals surface area contributed by atoms with E-state index < -0.39 is 17.9 Å². The Bertz CT molecular complexity index is 874. The molecule has 0 atom stereocenters. The molecule has 0 bridgehead atoms. The Kier molecular flexibility index (Phi) is 9.33. The van der Waals surface area contributed by atoms with Gasteiger partial charge in [-0.3, -0.25) is 0 Å². The molecule has 3 N–H and O–H groups in total. The first-order valence-corrected chi connectivity index (χ1v) is 8.59. The molecule has 6 heteroatoms. The fourth-order valence-corrected chi connectivity index (χ4v) is 1.97. The first kappa shape index (κ1) is 23.1. The SMILES string of the molecule is Cc1ccc(C(=O)O)cc1.Cc1ccc(C(=O)O)cc1.O=C(O)c1ccccc1. The summed E-state index contributed by atoms with van der Waals surface area (Å²) in [5, 5.41) is 25.3. The van der Waals surface area contributed by atoms with Crippen molar-refractivity contribution in [2.45, 2.75) is 13.8 Å². The van der Waals surface area contributed by atoms with Crippen LogP contribution in [0.1, 0.15) is 42.2 Å². The summed E-state index contributed by atoms with van der Waals surface area (Å²) < 4.78 is 0. The van der Waals surface area contributed by atoms with Gasteiger partial charge in [0.2, 0.25) is 0 Å². The number of hydrogen-bond acceptors (Lipinski definition) is 3. The van der Waals surface area contributed by atoms with Crippen LogP contribution in [0.4, 0.5) is 0 Å². The first-order valence-electron chi connectivity index (χ1n) is 8.59. The van der Waals surface area contributed by atoms with Gasteiger partial charge in [-0.05, 0) is 50.2 Å². The molecular weight excluding hydrogens is 372 g/mol. The number of aryl methyl sites for hydroxylation is 2. The maximum Gasteiger partial charge on any atom is 0.335 e. The van der Waals surface area contributed by atoms with Gasteiger partial charge >= 0.3 is 17.9 Å². The summed E-state index contributed by atoms with van der Waals surface area (Å²) in [5.41, 5.74) is 3.16. The highest BCUT2D eigenvalue weighted by molar-refractivity contribution is 5.88. The van der Waals surface area contributed by atoms with Gasteiger partial charge in [-0.25, -0.2) is 14.4 Å². The average Bonchev–Trinajstić information content (AvgIpc) is 2.70. The van der Waals surface area contributed by atoms with Gasteiger partial charge in [0.05, 0.1) is 16.7 Å². The van der Waals surface area contributed by atoms with Crippen molar-refractivity contribution in [1.29, 1.82) is 0 Å². The van der Waals surface area contributed by atoms with Crippen LogP contribution in [0.2, 0.25) is 0 Å². The van der Waals surface area contributed by atoms with E-state index in [1.165, 1.54) is 0 Å². The lowest BCUT2D eigenvalue weighted by atomic mass is 10.2. The van der Waals surface area contributed by atoms with Crippen LogP contribution in [0, 0.1) is 13.8 Å². The van der Waals surface area contributed by atoms with E-state index in [1.807, 2.05) is 13.8 Å². The highest BCUT2D eigenvalue weighted by Crippen LogP contribution is 2.02. The number of carboxylic acids is 3. The van der Waals surface area contributed by atoms with Crippen LogP contribution in [0.25, 0.3) is 0 Å². The largest absolute Gasteiger partial charge is 0.478 e. The van der Waals surface area contributed by atoms with Crippen molar-refractivity contribution < 1.29 is 29.7 Å². The van der Waals surface area contributed by atoms with Gasteiger partial charge in [-0.15, -0.1) is 0 Å². The van der Waals surface area contributed by atoms with Crippen molar-refractivity contribution in [3.8, 4) is 0 Å². The molecule has 0 fully saturated rings. The molecule has 0 aromatic heterocycles. The minimum atomic E-state index is -0.879. The molecule has 3 aromatic rings. The van der Waals surface area contributed by atoms with Crippen molar-refractivity contribution in [3.63, 3.8) is 0 Å². The molecule has 0 saturated carbocycles. The van der Waals surface area contributed by atoms with Crippen molar-refractivity contribution in [2.24, 2.45) is 0 Å².